The van der Waals surface area contributed by atoms with E-state index < -0.39 is 5.69 Å². The zero-order chi connectivity index (χ0) is 16.8. The summed E-state index contributed by atoms with van der Waals surface area (Å²) >= 11 is 0. The van der Waals surface area contributed by atoms with Crippen LogP contribution in [0.2, 0.25) is 0 Å². The lowest BCUT2D eigenvalue weighted by molar-refractivity contribution is -0.122. The predicted octanol–water partition coefficient (Wildman–Crippen LogP) is 1.14. The summed E-state index contributed by atoms with van der Waals surface area (Å²) in [5.74, 6) is 1.03. The molecule has 1 heterocycles. The second-order valence-electron chi connectivity index (χ2n) is 4.93. The molecular formula is C16H19N3O4. The minimum atomic E-state index is -0.464. The highest BCUT2D eigenvalue weighted by molar-refractivity contribution is 5.76. The first-order valence-electron chi connectivity index (χ1n) is 7.08. The number of ether oxygens (including phenoxy) is 2. The van der Waals surface area contributed by atoms with Crippen LogP contribution in [0.4, 0.5) is 0 Å². The molecule has 0 aliphatic carbocycles. The molecule has 2 rings (SSSR count). The first-order valence-corrected chi connectivity index (χ1v) is 7.08. The SMILES string of the molecule is COc1ccc(OC)c(C(C)NC(=O)Cn2cccnc2=O)c1. The molecule has 1 unspecified atom stereocenters. The molecule has 122 valence electrons. The standard InChI is InChI=1S/C16H19N3O4/c1-11(13-9-12(22-2)5-6-14(13)23-3)18-15(20)10-19-8-4-7-17-16(19)21/h4-9,11H,10H2,1-3H3,(H,18,20). The Morgan fingerprint density at radius 3 is 2.78 bits per heavy atom. The van der Waals surface area contributed by atoms with Gasteiger partial charge in [0, 0.05) is 18.0 Å². The lowest BCUT2D eigenvalue weighted by Gasteiger charge is -2.18. The summed E-state index contributed by atoms with van der Waals surface area (Å²) in [5, 5.41) is 2.84. The molecule has 23 heavy (non-hydrogen) atoms. The highest BCUT2D eigenvalue weighted by Crippen LogP contribution is 2.29. The van der Waals surface area contributed by atoms with Gasteiger partial charge in [-0.1, -0.05) is 0 Å². The number of rotatable bonds is 6. The minimum Gasteiger partial charge on any atom is -0.497 e. The summed E-state index contributed by atoms with van der Waals surface area (Å²) in [6.07, 6.45) is 2.91. The van der Waals surface area contributed by atoms with Crippen molar-refractivity contribution in [2.45, 2.75) is 19.5 Å². The van der Waals surface area contributed by atoms with Gasteiger partial charge in [0.15, 0.2) is 0 Å². The Hall–Kier alpha value is -2.83. The van der Waals surface area contributed by atoms with Crippen molar-refractivity contribution < 1.29 is 14.3 Å². The summed E-state index contributed by atoms with van der Waals surface area (Å²) in [6.45, 7) is 1.74. The van der Waals surface area contributed by atoms with Gasteiger partial charge in [-0.15, -0.1) is 0 Å². The van der Waals surface area contributed by atoms with Crippen LogP contribution in [0.5, 0.6) is 11.5 Å². The van der Waals surface area contributed by atoms with Crippen LogP contribution < -0.4 is 20.5 Å². The number of hydrogen-bond donors (Lipinski definition) is 1. The van der Waals surface area contributed by atoms with Gasteiger partial charge < -0.3 is 14.8 Å². The molecule has 0 aliphatic heterocycles. The van der Waals surface area contributed by atoms with Crippen molar-refractivity contribution >= 4 is 5.91 Å². The third kappa shape index (κ3) is 4.09. The fourth-order valence-electron chi connectivity index (χ4n) is 2.20. The van der Waals surface area contributed by atoms with E-state index in [-0.39, 0.29) is 18.5 Å². The minimum absolute atomic E-state index is 0.0940. The topological polar surface area (TPSA) is 82.4 Å². The van der Waals surface area contributed by atoms with Gasteiger partial charge in [0.1, 0.15) is 18.0 Å². The van der Waals surface area contributed by atoms with Crippen LogP contribution in [-0.4, -0.2) is 29.7 Å². The van der Waals surface area contributed by atoms with E-state index in [0.29, 0.717) is 11.5 Å². The highest BCUT2D eigenvalue weighted by atomic mass is 16.5. The maximum Gasteiger partial charge on any atom is 0.347 e. The Bertz CT molecular complexity index is 742. The van der Waals surface area contributed by atoms with Crippen LogP contribution in [0.1, 0.15) is 18.5 Å². The second-order valence-corrected chi connectivity index (χ2v) is 4.93. The molecule has 2 aromatic rings. The van der Waals surface area contributed by atoms with Crippen LogP contribution in [0.15, 0.2) is 41.5 Å². The maximum atomic E-state index is 12.1. The van der Waals surface area contributed by atoms with Crippen LogP contribution >= 0.6 is 0 Å². The highest BCUT2D eigenvalue weighted by Gasteiger charge is 2.15. The molecule has 1 aromatic carbocycles. The van der Waals surface area contributed by atoms with E-state index in [0.717, 1.165) is 5.56 Å². The molecule has 1 amide bonds. The molecule has 1 atom stereocenters. The van der Waals surface area contributed by atoms with Gasteiger partial charge in [-0.25, -0.2) is 9.78 Å². The Labute approximate surface area is 133 Å². The number of nitrogens with zero attached hydrogens (tertiary/aromatic N) is 2. The number of aromatic nitrogens is 2. The number of amides is 1. The lowest BCUT2D eigenvalue weighted by atomic mass is 10.1. The van der Waals surface area contributed by atoms with E-state index in [2.05, 4.69) is 10.3 Å². The van der Waals surface area contributed by atoms with Crippen molar-refractivity contribution in [3.63, 3.8) is 0 Å². The Balaban J connectivity index is 2.12. The maximum absolute atomic E-state index is 12.1. The number of carbonyl (C=O) groups excluding carboxylic acids is 1. The molecule has 0 radical (unpaired) electrons. The molecule has 0 spiro atoms. The van der Waals surface area contributed by atoms with Crippen molar-refractivity contribution in [2.75, 3.05) is 14.2 Å². The molecule has 0 saturated heterocycles. The van der Waals surface area contributed by atoms with Crippen LogP contribution in [0, 0.1) is 0 Å². The average molecular weight is 317 g/mol. The van der Waals surface area contributed by atoms with Gasteiger partial charge in [-0.3, -0.25) is 9.36 Å². The van der Waals surface area contributed by atoms with Gasteiger partial charge in [0.25, 0.3) is 0 Å². The number of methoxy groups -OCH3 is 2. The number of benzene rings is 1. The third-order valence-electron chi connectivity index (χ3n) is 3.38. The van der Waals surface area contributed by atoms with E-state index in [1.165, 1.54) is 17.0 Å². The molecule has 0 fully saturated rings. The van der Waals surface area contributed by atoms with Gasteiger partial charge in [0.2, 0.25) is 5.91 Å². The van der Waals surface area contributed by atoms with E-state index in [9.17, 15) is 9.59 Å². The Morgan fingerprint density at radius 1 is 1.35 bits per heavy atom. The van der Waals surface area contributed by atoms with Gasteiger partial charge in [-0.05, 0) is 31.2 Å². The largest absolute Gasteiger partial charge is 0.497 e. The van der Waals surface area contributed by atoms with Crippen LogP contribution in [-0.2, 0) is 11.3 Å². The van der Waals surface area contributed by atoms with Crippen molar-refractivity contribution in [1.82, 2.24) is 14.9 Å². The van der Waals surface area contributed by atoms with Crippen LogP contribution in [0.3, 0.4) is 0 Å². The van der Waals surface area contributed by atoms with Crippen molar-refractivity contribution in [1.29, 1.82) is 0 Å². The average Bonchev–Trinajstić information content (AvgIpc) is 2.56. The third-order valence-corrected chi connectivity index (χ3v) is 3.38. The lowest BCUT2D eigenvalue weighted by Crippen LogP contribution is -2.34. The summed E-state index contributed by atoms with van der Waals surface area (Å²) < 4.78 is 11.8. The van der Waals surface area contributed by atoms with E-state index in [1.54, 1.807) is 38.5 Å². The summed E-state index contributed by atoms with van der Waals surface area (Å²) in [4.78, 5) is 27.3. The molecule has 1 aromatic heterocycles. The normalized spacial score (nSPS) is 11.6. The van der Waals surface area contributed by atoms with Crippen molar-refractivity contribution in [3.05, 3.63) is 52.7 Å². The Kier molecular flexibility index (Phi) is 5.35. The molecule has 7 nitrogen and oxygen atoms in total. The smallest absolute Gasteiger partial charge is 0.347 e. The summed E-state index contributed by atoms with van der Waals surface area (Å²) in [5.41, 5.74) is 0.327. The first kappa shape index (κ1) is 16.5. The molecular weight excluding hydrogens is 298 g/mol. The van der Waals surface area contributed by atoms with E-state index in [1.807, 2.05) is 6.92 Å². The van der Waals surface area contributed by atoms with E-state index >= 15 is 0 Å². The molecule has 0 aliphatic rings. The van der Waals surface area contributed by atoms with Crippen LogP contribution in [0.25, 0.3) is 0 Å². The zero-order valence-corrected chi connectivity index (χ0v) is 13.3. The molecule has 0 saturated carbocycles. The molecule has 7 heteroatoms. The molecule has 1 N–H and O–H groups in total. The zero-order valence-electron chi connectivity index (χ0n) is 13.3. The van der Waals surface area contributed by atoms with Gasteiger partial charge in [0.05, 0.1) is 20.3 Å². The fourth-order valence-corrected chi connectivity index (χ4v) is 2.20. The van der Waals surface area contributed by atoms with E-state index in [4.69, 9.17) is 9.47 Å². The fraction of sp³-hybridized carbons (Fsp3) is 0.312. The number of carbonyl (C=O) groups is 1. The molecule has 0 bridgehead atoms. The second kappa shape index (κ2) is 7.44. The van der Waals surface area contributed by atoms with Crippen molar-refractivity contribution in [3.8, 4) is 11.5 Å². The first-order chi connectivity index (χ1) is 11.0. The predicted molar refractivity (Wildman–Crippen MR) is 84.6 cm³/mol. The Morgan fingerprint density at radius 2 is 2.13 bits per heavy atom. The monoisotopic (exact) mass is 317 g/mol. The van der Waals surface area contributed by atoms with Crippen molar-refractivity contribution in [2.24, 2.45) is 0 Å². The van der Waals surface area contributed by atoms with Gasteiger partial charge >= 0.3 is 5.69 Å². The number of hydrogen-bond acceptors (Lipinski definition) is 5. The summed E-state index contributed by atoms with van der Waals surface area (Å²) in [6, 6.07) is 6.66. The summed E-state index contributed by atoms with van der Waals surface area (Å²) in [7, 11) is 3.14. The van der Waals surface area contributed by atoms with Gasteiger partial charge in [-0.2, -0.15) is 0 Å². The number of nitrogens with one attached hydrogen (secondary N) is 1. The quantitative estimate of drug-likeness (QED) is 0.864.